The lowest BCUT2D eigenvalue weighted by Gasteiger charge is -2.01. The molecule has 2 nitrogen and oxygen atoms in total. The summed E-state index contributed by atoms with van der Waals surface area (Å²) in [5.74, 6) is 0.520. The van der Waals surface area contributed by atoms with Crippen LogP contribution in [0.4, 0.5) is 0 Å². The lowest BCUT2D eigenvalue weighted by atomic mass is 10.1. The Morgan fingerprint density at radius 2 is 1.71 bits per heavy atom. The molecule has 14 heavy (non-hydrogen) atoms. The summed E-state index contributed by atoms with van der Waals surface area (Å²) in [6.45, 7) is 5.86. The molecule has 0 bridgehead atoms. The second-order valence-electron chi connectivity index (χ2n) is 2.98. The average Bonchev–Trinajstić information content (AvgIpc) is 2.17. The Morgan fingerprint density at radius 1 is 1.21 bits per heavy atom. The SMILES string of the molecule is CC=C(Cl)/C=C(C)/C(C)=C/C(N)=NC. The quantitative estimate of drug-likeness (QED) is 0.436. The predicted molar refractivity (Wildman–Crippen MR) is 64.7 cm³/mol. The highest BCUT2D eigenvalue weighted by Gasteiger charge is 1.95. The Labute approximate surface area is 90.9 Å². The zero-order valence-corrected chi connectivity index (χ0v) is 9.89. The number of allylic oxidation sites excluding steroid dienone is 5. The van der Waals surface area contributed by atoms with Crippen LogP contribution in [0.3, 0.4) is 0 Å². The summed E-state index contributed by atoms with van der Waals surface area (Å²) in [4.78, 5) is 3.85. The lowest BCUT2D eigenvalue weighted by molar-refractivity contribution is 1.33. The molecule has 2 N–H and O–H groups in total. The molecule has 0 atom stereocenters. The van der Waals surface area contributed by atoms with Gasteiger partial charge in [-0.25, -0.2) is 0 Å². The van der Waals surface area contributed by atoms with E-state index in [2.05, 4.69) is 4.99 Å². The zero-order valence-electron chi connectivity index (χ0n) is 9.13. The number of halogens is 1. The first-order valence-corrected chi connectivity index (χ1v) is 4.80. The van der Waals surface area contributed by atoms with Crippen molar-refractivity contribution in [1.82, 2.24) is 0 Å². The molecule has 0 spiro atoms. The number of nitrogens with two attached hydrogens (primary N) is 1. The molecule has 0 heterocycles. The van der Waals surface area contributed by atoms with Crippen LogP contribution < -0.4 is 5.73 Å². The summed E-state index contributed by atoms with van der Waals surface area (Å²) in [5, 5.41) is 0.724. The van der Waals surface area contributed by atoms with Gasteiger partial charge in [-0.1, -0.05) is 17.7 Å². The molecule has 0 aromatic carbocycles. The summed E-state index contributed by atoms with van der Waals surface area (Å²) in [6, 6.07) is 0. The van der Waals surface area contributed by atoms with E-state index in [1.165, 1.54) is 0 Å². The Hall–Kier alpha value is -1.02. The number of hydrogen-bond donors (Lipinski definition) is 1. The molecule has 0 radical (unpaired) electrons. The fourth-order valence-corrected chi connectivity index (χ4v) is 0.968. The molecular weight excluding hydrogens is 196 g/mol. The monoisotopic (exact) mass is 212 g/mol. The van der Waals surface area contributed by atoms with Crippen LogP contribution in [0.1, 0.15) is 20.8 Å². The topological polar surface area (TPSA) is 38.4 Å². The summed E-state index contributed by atoms with van der Waals surface area (Å²) in [5.41, 5.74) is 7.72. The van der Waals surface area contributed by atoms with E-state index < -0.39 is 0 Å². The van der Waals surface area contributed by atoms with Crippen LogP contribution in [0.15, 0.2) is 39.4 Å². The second-order valence-corrected chi connectivity index (χ2v) is 3.41. The number of amidine groups is 1. The highest BCUT2D eigenvalue weighted by Crippen LogP contribution is 2.13. The Morgan fingerprint density at radius 3 is 2.14 bits per heavy atom. The average molecular weight is 213 g/mol. The van der Waals surface area contributed by atoms with Crippen LogP contribution in [-0.4, -0.2) is 12.9 Å². The Kier molecular flexibility index (Phi) is 5.97. The zero-order chi connectivity index (χ0) is 11.1. The van der Waals surface area contributed by atoms with Crippen LogP contribution in [-0.2, 0) is 0 Å². The van der Waals surface area contributed by atoms with Crippen molar-refractivity contribution in [3.05, 3.63) is 34.4 Å². The maximum atomic E-state index is 5.87. The van der Waals surface area contributed by atoms with Gasteiger partial charge in [0.15, 0.2) is 0 Å². The summed E-state index contributed by atoms with van der Waals surface area (Å²) >= 11 is 5.87. The molecule has 0 fully saturated rings. The van der Waals surface area contributed by atoms with E-state index in [0.717, 1.165) is 16.2 Å². The van der Waals surface area contributed by atoms with Crippen LogP contribution in [0.5, 0.6) is 0 Å². The Bertz CT molecular complexity index is 277. The van der Waals surface area contributed by atoms with Crippen LogP contribution >= 0.6 is 11.6 Å². The van der Waals surface area contributed by atoms with Crippen molar-refractivity contribution >= 4 is 17.4 Å². The van der Waals surface area contributed by atoms with Gasteiger partial charge >= 0.3 is 0 Å². The maximum Gasteiger partial charge on any atom is 0.118 e. The highest BCUT2D eigenvalue weighted by atomic mass is 35.5. The van der Waals surface area contributed by atoms with Crippen molar-refractivity contribution in [2.24, 2.45) is 10.7 Å². The van der Waals surface area contributed by atoms with Gasteiger partial charge in [-0.05, 0) is 44.1 Å². The molecule has 0 amide bonds. The molecule has 78 valence electrons. The minimum absolute atomic E-state index is 0.520. The van der Waals surface area contributed by atoms with Gasteiger partial charge < -0.3 is 5.73 Å². The van der Waals surface area contributed by atoms with Crippen molar-refractivity contribution in [1.29, 1.82) is 0 Å². The van der Waals surface area contributed by atoms with Crippen LogP contribution in [0, 0.1) is 0 Å². The van der Waals surface area contributed by atoms with Crippen molar-refractivity contribution in [2.45, 2.75) is 20.8 Å². The van der Waals surface area contributed by atoms with Crippen LogP contribution in [0.2, 0.25) is 0 Å². The predicted octanol–water partition coefficient (Wildman–Crippen LogP) is 3.01. The van der Waals surface area contributed by atoms with Crippen molar-refractivity contribution in [2.75, 3.05) is 7.05 Å². The highest BCUT2D eigenvalue weighted by molar-refractivity contribution is 6.31. The van der Waals surface area contributed by atoms with Gasteiger partial charge in [-0.15, -0.1) is 0 Å². The first-order chi connectivity index (χ1) is 6.51. The van der Waals surface area contributed by atoms with Crippen molar-refractivity contribution < 1.29 is 0 Å². The van der Waals surface area contributed by atoms with Gasteiger partial charge in [-0.2, -0.15) is 0 Å². The maximum absolute atomic E-state index is 5.87. The number of aliphatic imine (C=N–C) groups is 1. The molecule has 0 saturated heterocycles. The Balaban J connectivity index is 4.79. The molecule has 0 unspecified atom stereocenters. The molecule has 0 aliphatic carbocycles. The van der Waals surface area contributed by atoms with Gasteiger partial charge in [0.2, 0.25) is 0 Å². The normalized spacial score (nSPS) is 16.1. The van der Waals surface area contributed by atoms with E-state index in [0.29, 0.717) is 5.84 Å². The number of nitrogens with zero attached hydrogens (tertiary/aromatic N) is 1. The fourth-order valence-electron chi connectivity index (χ4n) is 0.804. The molecule has 3 heteroatoms. The van der Waals surface area contributed by atoms with Gasteiger partial charge in [-0.3, -0.25) is 4.99 Å². The molecule has 0 aliphatic heterocycles. The van der Waals surface area contributed by atoms with Gasteiger partial charge in [0, 0.05) is 12.1 Å². The molecular formula is C11H17ClN2. The van der Waals surface area contributed by atoms with Crippen molar-refractivity contribution in [3.63, 3.8) is 0 Å². The van der Waals surface area contributed by atoms with Crippen molar-refractivity contribution in [3.8, 4) is 0 Å². The third-order valence-corrected chi connectivity index (χ3v) is 2.20. The van der Waals surface area contributed by atoms with E-state index in [1.807, 2.05) is 39.0 Å². The number of rotatable bonds is 3. The third kappa shape index (κ3) is 4.87. The molecule has 0 rings (SSSR count). The van der Waals surface area contributed by atoms with Gasteiger partial charge in [0.25, 0.3) is 0 Å². The molecule has 0 aliphatic rings. The standard InChI is InChI=1S/C11H17ClN2/c1-5-10(12)6-8(2)9(3)7-11(13)14-4/h5-7H,1-4H3,(H2,13,14)/b8-6+,9-7+,10-5?. The van der Waals surface area contributed by atoms with E-state index in [4.69, 9.17) is 17.3 Å². The minimum atomic E-state index is 0.520. The number of hydrogen-bond acceptors (Lipinski definition) is 1. The third-order valence-electron chi connectivity index (χ3n) is 1.87. The minimum Gasteiger partial charge on any atom is -0.384 e. The van der Waals surface area contributed by atoms with E-state index in [-0.39, 0.29) is 0 Å². The largest absolute Gasteiger partial charge is 0.384 e. The molecule has 0 aromatic heterocycles. The van der Waals surface area contributed by atoms with E-state index >= 15 is 0 Å². The molecule has 0 aromatic rings. The smallest absolute Gasteiger partial charge is 0.118 e. The van der Waals surface area contributed by atoms with E-state index in [9.17, 15) is 0 Å². The van der Waals surface area contributed by atoms with Gasteiger partial charge in [0.1, 0.15) is 5.84 Å². The summed E-state index contributed by atoms with van der Waals surface area (Å²) in [6.07, 6.45) is 5.57. The van der Waals surface area contributed by atoms with Crippen LogP contribution in [0.25, 0.3) is 0 Å². The second kappa shape index (κ2) is 6.44. The lowest BCUT2D eigenvalue weighted by Crippen LogP contribution is -2.08. The molecule has 0 saturated carbocycles. The van der Waals surface area contributed by atoms with E-state index in [1.54, 1.807) is 7.05 Å². The summed E-state index contributed by atoms with van der Waals surface area (Å²) < 4.78 is 0. The first-order valence-electron chi connectivity index (χ1n) is 4.42. The van der Waals surface area contributed by atoms with Gasteiger partial charge in [0.05, 0.1) is 0 Å². The first kappa shape index (κ1) is 13.0. The fraction of sp³-hybridized carbons (Fsp3) is 0.364. The summed E-state index contributed by atoms with van der Waals surface area (Å²) in [7, 11) is 1.66.